The zero-order valence-corrected chi connectivity index (χ0v) is 15.0. The molecule has 0 atom stereocenters. The van der Waals surface area contributed by atoms with Gasteiger partial charge in [-0.05, 0) is 36.1 Å². The lowest BCUT2D eigenvalue weighted by Gasteiger charge is -2.14. The number of rotatable bonds is 9. The van der Waals surface area contributed by atoms with Gasteiger partial charge in [-0.2, -0.15) is 5.10 Å². The van der Waals surface area contributed by atoms with Gasteiger partial charge in [0.05, 0.1) is 20.4 Å². The van der Waals surface area contributed by atoms with Crippen LogP contribution in [0.1, 0.15) is 23.1 Å². The Morgan fingerprint density at radius 1 is 1.32 bits per heavy atom. The molecule has 1 aromatic carbocycles. The summed E-state index contributed by atoms with van der Waals surface area (Å²) in [7, 11) is 5.08. The van der Waals surface area contributed by atoms with Gasteiger partial charge in [-0.25, -0.2) is 0 Å². The molecule has 6 nitrogen and oxygen atoms in total. The minimum atomic E-state index is 0.00362. The molecular formula is C19H25N3O3. The quantitative estimate of drug-likeness (QED) is 0.710. The maximum atomic E-state index is 12.1. The molecule has 25 heavy (non-hydrogen) atoms. The molecule has 0 aliphatic rings. The molecule has 0 aliphatic heterocycles. The molecule has 2 rings (SSSR count). The first-order valence-corrected chi connectivity index (χ1v) is 8.16. The van der Waals surface area contributed by atoms with Gasteiger partial charge in [-0.1, -0.05) is 6.08 Å². The average Bonchev–Trinajstić information content (AvgIpc) is 3.03. The highest BCUT2D eigenvalue weighted by Gasteiger charge is 2.12. The Morgan fingerprint density at radius 2 is 2.12 bits per heavy atom. The molecule has 1 N–H and O–H groups in total. The van der Waals surface area contributed by atoms with Crippen LogP contribution >= 0.6 is 0 Å². The van der Waals surface area contributed by atoms with Crippen LogP contribution in [0.15, 0.2) is 37.2 Å². The molecule has 0 bridgehead atoms. The van der Waals surface area contributed by atoms with Crippen molar-refractivity contribution in [2.45, 2.75) is 25.8 Å². The summed E-state index contributed by atoms with van der Waals surface area (Å²) in [6.45, 7) is 4.21. The Labute approximate surface area is 148 Å². The normalized spacial score (nSPS) is 10.4. The molecular weight excluding hydrogens is 318 g/mol. The number of benzene rings is 1. The highest BCUT2D eigenvalue weighted by molar-refractivity contribution is 5.76. The van der Waals surface area contributed by atoms with E-state index in [1.165, 1.54) is 0 Å². The van der Waals surface area contributed by atoms with Crippen LogP contribution in [0.3, 0.4) is 0 Å². The fourth-order valence-electron chi connectivity index (χ4n) is 2.66. The summed E-state index contributed by atoms with van der Waals surface area (Å²) in [6.07, 6.45) is 7.29. The summed E-state index contributed by atoms with van der Waals surface area (Å²) in [4.78, 5) is 12.1. The average molecular weight is 343 g/mol. The van der Waals surface area contributed by atoms with Crippen molar-refractivity contribution in [3.8, 4) is 11.5 Å². The molecule has 1 aromatic heterocycles. The first-order chi connectivity index (χ1) is 12.1. The van der Waals surface area contributed by atoms with Gasteiger partial charge in [-0.3, -0.25) is 9.48 Å². The monoisotopic (exact) mass is 343 g/mol. The summed E-state index contributed by atoms with van der Waals surface area (Å²) >= 11 is 0. The van der Waals surface area contributed by atoms with E-state index in [0.29, 0.717) is 37.3 Å². The molecule has 134 valence electrons. The van der Waals surface area contributed by atoms with Crippen molar-refractivity contribution < 1.29 is 14.3 Å². The third-order valence-corrected chi connectivity index (χ3v) is 3.87. The molecule has 0 fully saturated rings. The molecule has 2 aromatic rings. The van der Waals surface area contributed by atoms with Gasteiger partial charge in [0.15, 0.2) is 11.5 Å². The third-order valence-electron chi connectivity index (χ3n) is 3.87. The first kappa shape index (κ1) is 18.6. The van der Waals surface area contributed by atoms with Gasteiger partial charge < -0.3 is 14.8 Å². The van der Waals surface area contributed by atoms with Gasteiger partial charge >= 0.3 is 0 Å². The maximum absolute atomic E-state index is 12.1. The number of hydrogen-bond donors (Lipinski definition) is 1. The van der Waals surface area contributed by atoms with Crippen molar-refractivity contribution in [2.24, 2.45) is 7.05 Å². The lowest BCUT2D eigenvalue weighted by Crippen LogP contribution is -2.23. The van der Waals surface area contributed by atoms with Crippen molar-refractivity contribution in [3.63, 3.8) is 0 Å². The van der Waals surface area contributed by atoms with E-state index in [4.69, 9.17) is 9.47 Å². The lowest BCUT2D eigenvalue weighted by atomic mass is 10.1. The number of allylic oxidation sites excluding steroid dienone is 1. The van der Waals surface area contributed by atoms with Gasteiger partial charge in [0.1, 0.15) is 0 Å². The van der Waals surface area contributed by atoms with Crippen LogP contribution in [0.2, 0.25) is 0 Å². The number of ether oxygens (including phenoxy) is 2. The number of aryl methyl sites for hydroxylation is 2. The third kappa shape index (κ3) is 5.11. The summed E-state index contributed by atoms with van der Waals surface area (Å²) in [5.41, 5.74) is 3.00. The van der Waals surface area contributed by atoms with Gasteiger partial charge in [-0.15, -0.1) is 6.58 Å². The second-order valence-corrected chi connectivity index (χ2v) is 5.78. The molecule has 0 saturated heterocycles. The van der Waals surface area contributed by atoms with E-state index < -0.39 is 0 Å². The minimum Gasteiger partial charge on any atom is -0.493 e. The zero-order valence-electron chi connectivity index (χ0n) is 15.0. The molecule has 0 unspecified atom stereocenters. The second-order valence-electron chi connectivity index (χ2n) is 5.78. The van der Waals surface area contributed by atoms with Crippen LogP contribution in [-0.2, 0) is 31.2 Å². The van der Waals surface area contributed by atoms with Gasteiger partial charge in [0, 0.05) is 31.8 Å². The first-order valence-electron chi connectivity index (χ1n) is 8.16. The number of carbonyl (C=O) groups is 1. The summed E-state index contributed by atoms with van der Waals surface area (Å²) in [5, 5.41) is 7.05. The lowest BCUT2D eigenvalue weighted by molar-refractivity contribution is -0.121. The Balaban J connectivity index is 1.98. The number of nitrogens with zero attached hydrogens (tertiary/aromatic N) is 2. The zero-order chi connectivity index (χ0) is 18.2. The van der Waals surface area contributed by atoms with Crippen molar-refractivity contribution in [3.05, 3.63) is 53.9 Å². The Kier molecular flexibility index (Phi) is 6.62. The van der Waals surface area contributed by atoms with Gasteiger partial charge in [0.25, 0.3) is 0 Å². The van der Waals surface area contributed by atoms with E-state index in [-0.39, 0.29) is 5.91 Å². The van der Waals surface area contributed by atoms with Crippen molar-refractivity contribution in [1.29, 1.82) is 0 Å². The summed E-state index contributed by atoms with van der Waals surface area (Å²) < 4.78 is 12.6. The number of amides is 1. The molecule has 0 saturated carbocycles. The minimum absolute atomic E-state index is 0.00362. The largest absolute Gasteiger partial charge is 0.493 e. The van der Waals surface area contributed by atoms with Gasteiger partial charge in [0.2, 0.25) is 5.91 Å². The van der Waals surface area contributed by atoms with Crippen LogP contribution < -0.4 is 14.8 Å². The van der Waals surface area contributed by atoms with E-state index >= 15 is 0 Å². The van der Waals surface area contributed by atoms with E-state index in [2.05, 4.69) is 17.0 Å². The van der Waals surface area contributed by atoms with Crippen LogP contribution in [-0.4, -0.2) is 29.9 Å². The Hall–Kier alpha value is -2.76. The standard InChI is InChI=1S/C19H25N3O3/c1-5-6-16-9-15(10-17(24-3)19(16)25-4)11-20-18(23)8-7-14-12-21-22(2)13-14/h5,9-10,12-13H,1,6-8,11H2,2-4H3,(H,20,23). The topological polar surface area (TPSA) is 65.4 Å². The number of methoxy groups -OCH3 is 2. The summed E-state index contributed by atoms with van der Waals surface area (Å²) in [5.74, 6) is 1.36. The SMILES string of the molecule is C=CCc1cc(CNC(=O)CCc2cnn(C)c2)cc(OC)c1OC. The Morgan fingerprint density at radius 3 is 2.72 bits per heavy atom. The van der Waals surface area contributed by atoms with Crippen LogP contribution in [0.5, 0.6) is 11.5 Å². The smallest absolute Gasteiger partial charge is 0.220 e. The number of nitrogens with one attached hydrogen (secondary N) is 1. The van der Waals surface area contributed by atoms with Crippen LogP contribution in [0.4, 0.5) is 0 Å². The summed E-state index contributed by atoms with van der Waals surface area (Å²) in [6, 6.07) is 3.89. The molecule has 0 spiro atoms. The Bertz CT molecular complexity index is 738. The van der Waals surface area contributed by atoms with Crippen LogP contribution in [0.25, 0.3) is 0 Å². The number of hydrogen-bond acceptors (Lipinski definition) is 4. The van der Waals surface area contributed by atoms with Crippen molar-refractivity contribution >= 4 is 5.91 Å². The molecule has 0 radical (unpaired) electrons. The number of carbonyl (C=O) groups excluding carboxylic acids is 1. The van der Waals surface area contributed by atoms with E-state index in [1.807, 2.05) is 31.5 Å². The fraction of sp³-hybridized carbons (Fsp3) is 0.368. The predicted molar refractivity (Wildman–Crippen MR) is 96.8 cm³/mol. The predicted octanol–water partition coefficient (Wildman–Crippen LogP) is 2.41. The van der Waals surface area contributed by atoms with E-state index in [0.717, 1.165) is 16.7 Å². The number of aromatic nitrogens is 2. The van der Waals surface area contributed by atoms with E-state index in [9.17, 15) is 4.79 Å². The molecule has 6 heteroatoms. The maximum Gasteiger partial charge on any atom is 0.220 e. The van der Waals surface area contributed by atoms with E-state index in [1.54, 1.807) is 25.1 Å². The molecule has 1 heterocycles. The van der Waals surface area contributed by atoms with Crippen molar-refractivity contribution in [1.82, 2.24) is 15.1 Å². The molecule has 0 aliphatic carbocycles. The van der Waals surface area contributed by atoms with Crippen LogP contribution in [0, 0.1) is 0 Å². The van der Waals surface area contributed by atoms with Crippen molar-refractivity contribution in [2.75, 3.05) is 14.2 Å². The second kappa shape index (κ2) is 8.92. The highest BCUT2D eigenvalue weighted by Crippen LogP contribution is 2.33. The highest BCUT2D eigenvalue weighted by atomic mass is 16.5. The molecule has 1 amide bonds. The fourth-order valence-corrected chi connectivity index (χ4v) is 2.66.